The second-order valence-corrected chi connectivity index (χ2v) is 7.44. The standard InChI is InChI=1S/C21H26N4O5/c1-28-20(26)15-12-30-13-25(19(15)21(27)29-2)14-6-7-16-17(10-14)23-18(22-16)11-24-8-4-3-5-9-24/h6-7,10H,3-5,8-9,11-13H2,1-2H3,(H,22,23). The van der Waals surface area contributed by atoms with Crippen LogP contribution in [0.25, 0.3) is 11.0 Å². The number of H-pyrrole nitrogens is 1. The maximum Gasteiger partial charge on any atom is 0.355 e. The van der Waals surface area contributed by atoms with E-state index in [1.807, 2.05) is 18.2 Å². The fraction of sp³-hybridized carbons (Fsp3) is 0.476. The zero-order valence-electron chi connectivity index (χ0n) is 17.3. The summed E-state index contributed by atoms with van der Waals surface area (Å²) >= 11 is 0. The number of fused-ring (bicyclic) bond motifs is 1. The van der Waals surface area contributed by atoms with Crippen molar-refractivity contribution in [3.8, 4) is 0 Å². The number of anilines is 1. The molecule has 0 unspecified atom stereocenters. The lowest BCUT2D eigenvalue weighted by Crippen LogP contribution is -2.38. The lowest BCUT2D eigenvalue weighted by Gasteiger charge is -2.31. The van der Waals surface area contributed by atoms with Crippen LogP contribution in [0.4, 0.5) is 5.69 Å². The minimum Gasteiger partial charge on any atom is -0.466 e. The number of esters is 2. The maximum absolute atomic E-state index is 12.5. The van der Waals surface area contributed by atoms with E-state index in [-0.39, 0.29) is 24.6 Å². The summed E-state index contributed by atoms with van der Waals surface area (Å²) in [4.78, 5) is 36.7. The largest absolute Gasteiger partial charge is 0.466 e. The van der Waals surface area contributed by atoms with Gasteiger partial charge in [0.2, 0.25) is 0 Å². The Morgan fingerprint density at radius 3 is 2.63 bits per heavy atom. The number of nitrogens with zero attached hydrogens (tertiary/aromatic N) is 3. The van der Waals surface area contributed by atoms with Gasteiger partial charge in [0.05, 0.1) is 44.0 Å². The van der Waals surface area contributed by atoms with Gasteiger partial charge in [-0.2, -0.15) is 0 Å². The Morgan fingerprint density at radius 1 is 1.13 bits per heavy atom. The van der Waals surface area contributed by atoms with E-state index in [2.05, 4.69) is 9.88 Å². The van der Waals surface area contributed by atoms with Crippen molar-refractivity contribution in [2.75, 3.05) is 45.5 Å². The minimum absolute atomic E-state index is 0.0140. The molecule has 1 saturated heterocycles. The first-order chi connectivity index (χ1) is 14.6. The number of hydrogen-bond acceptors (Lipinski definition) is 8. The molecular formula is C21H26N4O5. The molecule has 30 heavy (non-hydrogen) atoms. The van der Waals surface area contributed by atoms with Gasteiger partial charge in [-0.15, -0.1) is 0 Å². The molecule has 9 heteroatoms. The lowest BCUT2D eigenvalue weighted by molar-refractivity contribution is -0.140. The molecule has 0 aliphatic carbocycles. The number of nitrogens with one attached hydrogen (secondary N) is 1. The Morgan fingerprint density at radius 2 is 1.90 bits per heavy atom. The third-order valence-corrected chi connectivity index (χ3v) is 5.48. The quantitative estimate of drug-likeness (QED) is 0.742. The minimum atomic E-state index is -0.619. The Hall–Kier alpha value is -2.91. The first-order valence-electron chi connectivity index (χ1n) is 10.1. The van der Waals surface area contributed by atoms with E-state index in [0.717, 1.165) is 36.5 Å². The van der Waals surface area contributed by atoms with Gasteiger partial charge < -0.3 is 24.1 Å². The number of aromatic amines is 1. The normalized spacial score (nSPS) is 18.0. The van der Waals surface area contributed by atoms with Crippen LogP contribution in [-0.2, 0) is 30.3 Å². The zero-order chi connectivity index (χ0) is 21.1. The Kier molecular flexibility index (Phi) is 6.01. The van der Waals surface area contributed by atoms with Crippen molar-refractivity contribution in [1.29, 1.82) is 0 Å². The van der Waals surface area contributed by atoms with E-state index >= 15 is 0 Å². The number of ether oxygens (including phenoxy) is 3. The second kappa shape index (κ2) is 8.85. The van der Waals surface area contributed by atoms with E-state index in [4.69, 9.17) is 19.2 Å². The van der Waals surface area contributed by atoms with Crippen LogP contribution in [0.15, 0.2) is 29.5 Å². The van der Waals surface area contributed by atoms with E-state index in [0.29, 0.717) is 5.69 Å². The Balaban J connectivity index is 1.65. The summed E-state index contributed by atoms with van der Waals surface area (Å²) in [6, 6.07) is 5.64. The molecule has 0 radical (unpaired) electrons. The van der Waals surface area contributed by atoms with Crippen LogP contribution in [0.3, 0.4) is 0 Å². The summed E-state index contributed by atoms with van der Waals surface area (Å²) in [6.07, 6.45) is 3.75. The van der Waals surface area contributed by atoms with Crippen LogP contribution in [-0.4, -0.2) is 67.5 Å². The molecule has 1 aromatic carbocycles. The molecule has 2 aliphatic heterocycles. The van der Waals surface area contributed by atoms with Crippen LogP contribution in [0.1, 0.15) is 25.1 Å². The van der Waals surface area contributed by atoms with Crippen LogP contribution >= 0.6 is 0 Å². The summed E-state index contributed by atoms with van der Waals surface area (Å²) in [7, 11) is 2.55. The number of carbonyl (C=O) groups excluding carboxylic acids is 2. The topological polar surface area (TPSA) is 97.0 Å². The van der Waals surface area contributed by atoms with Gasteiger partial charge in [0, 0.05) is 5.69 Å². The lowest BCUT2D eigenvalue weighted by atomic mass is 10.1. The number of carbonyl (C=O) groups is 2. The molecule has 0 amide bonds. The highest BCUT2D eigenvalue weighted by atomic mass is 16.5. The van der Waals surface area contributed by atoms with Crippen molar-refractivity contribution in [1.82, 2.24) is 14.9 Å². The van der Waals surface area contributed by atoms with E-state index in [1.54, 1.807) is 4.90 Å². The third kappa shape index (κ3) is 4.03. The molecule has 1 aromatic heterocycles. The summed E-state index contributed by atoms with van der Waals surface area (Å²) in [6.45, 7) is 3.08. The van der Waals surface area contributed by atoms with Crippen molar-refractivity contribution < 1.29 is 23.8 Å². The molecule has 0 saturated carbocycles. The molecule has 3 heterocycles. The molecule has 1 N–H and O–H groups in total. The average molecular weight is 414 g/mol. The number of piperidine rings is 1. The summed E-state index contributed by atoms with van der Waals surface area (Å²) in [5.41, 5.74) is 2.65. The van der Waals surface area contributed by atoms with Crippen LogP contribution in [0.2, 0.25) is 0 Å². The molecular weight excluding hydrogens is 388 g/mol. The van der Waals surface area contributed by atoms with Crippen molar-refractivity contribution in [2.45, 2.75) is 25.8 Å². The molecule has 160 valence electrons. The number of likely N-dealkylation sites (tertiary alicyclic amines) is 1. The molecule has 0 atom stereocenters. The Labute approximate surface area is 174 Å². The van der Waals surface area contributed by atoms with Gasteiger partial charge in [-0.05, 0) is 44.1 Å². The first-order valence-corrected chi connectivity index (χ1v) is 10.1. The van der Waals surface area contributed by atoms with Gasteiger partial charge in [-0.1, -0.05) is 6.42 Å². The zero-order valence-corrected chi connectivity index (χ0v) is 17.3. The number of benzene rings is 1. The van der Waals surface area contributed by atoms with Gasteiger partial charge in [0.15, 0.2) is 0 Å². The van der Waals surface area contributed by atoms with Gasteiger partial charge >= 0.3 is 11.9 Å². The highest BCUT2D eigenvalue weighted by Crippen LogP contribution is 2.29. The van der Waals surface area contributed by atoms with Crippen molar-refractivity contribution in [3.05, 3.63) is 35.3 Å². The van der Waals surface area contributed by atoms with Crippen LogP contribution < -0.4 is 4.90 Å². The van der Waals surface area contributed by atoms with E-state index in [1.165, 1.54) is 33.5 Å². The number of imidazole rings is 1. The van der Waals surface area contributed by atoms with E-state index < -0.39 is 11.9 Å². The smallest absolute Gasteiger partial charge is 0.355 e. The number of rotatable bonds is 5. The van der Waals surface area contributed by atoms with E-state index in [9.17, 15) is 9.59 Å². The SMILES string of the molecule is COC(=O)C1=C(C(=O)OC)N(c2ccc3nc(CN4CCCCC4)[nH]c3c2)COC1. The Bertz CT molecular complexity index is 977. The number of hydrogen-bond donors (Lipinski definition) is 1. The van der Waals surface area contributed by atoms with Crippen LogP contribution in [0.5, 0.6) is 0 Å². The highest BCUT2D eigenvalue weighted by Gasteiger charge is 2.32. The summed E-state index contributed by atoms with van der Waals surface area (Å²) < 4.78 is 15.3. The molecule has 1 fully saturated rings. The predicted octanol–water partition coefficient (Wildman–Crippen LogP) is 1.94. The maximum atomic E-state index is 12.5. The highest BCUT2D eigenvalue weighted by molar-refractivity contribution is 6.03. The van der Waals surface area contributed by atoms with Crippen molar-refractivity contribution in [3.63, 3.8) is 0 Å². The van der Waals surface area contributed by atoms with Crippen molar-refractivity contribution >= 4 is 28.7 Å². The number of methoxy groups -OCH3 is 2. The fourth-order valence-electron chi connectivity index (χ4n) is 3.97. The molecule has 2 aliphatic rings. The van der Waals surface area contributed by atoms with Gasteiger partial charge in [0.25, 0.3) is 0 Å². The molecule has 2 aromatic rings. The van der Waals surface area contributed by atoms with Crippen LogP contribution in [0, 0.1) is 0 Å². The summed E-state index contributed by atoms with van der Waals surface area (Å²) in [5.74, 6) is -0.321. The van der Waals surface area contributed by atoms with Gasteiger partial charge in [-0.3, -0.25) is 4.90 Å². The monoisotopic (exact) mass is 414 g/mol. The van der Waals surface area contributed by atoms with Gasteiger partial charge in [-0.25, -0.2) is 14.6 Å². The average Bonchev–Trinajstić information content (AvgIpc) is 3.19. The van der Waals surface area contributed by atoms with Crippen molar-refractivity contribution in [2.24, 2.45) is 0 Å². The molecule has 4 rings (SSSR count). The number of aromatic nitrogens is 2. The fourth-order valence-corrected chi connectivity index (χ4v) is 3.97. The first kappa shape index (κ1) is 20.4. The second-order valence-electron chi connectivity index (χ2n) is 7.44. The third-order valence-electron chi connectivity index (χ3n) is 5.48. The molecule has 0 bridgehead atoms. The van der Waals surface area contributed by atoms with Gasteiger partial charge in [0.1, 0.15) is 18.3 Å². The summed E-state index contributed by atoms with van der Waals surface area (Å²) in [5, 5.41) is 0. The molecule has 0 spiro atoms. The molecule has 9 nitrogen and oxygen atoms in total. The predicted molar refractivity (Wildman–Crippen MR) is 110 cm³/mol.